The highest BCUT2D eigenvalue weighted by molar-refractivity contribution is 9.11. The third kappa shape index (κ3) is 2.97. The fourth-order valence-electron chi connectivity index (χ4n) is 1.35. The van der Waals surface area contributed by atoms with Gasteiger partial charge in [-0.25, -0.2) is 4.98 Å². The first-order chi connectivity index (χ1) is 7.65. The van der Waals surface area contributed by atoms with E-state index in [2.05, 4.69) is 37.7 Å². The van der Waals surface area contributed by atoms with Gasteiger partial charge in [0.15, 0.2) is 0 Å². The number of hydrogen-bond acceptors (Lipinski definition) is 3. The van der Waals surface area contributed by atoms with Crippen LogP contribution < -0.4 is 5.32 Å². The van der Waals surface area contributed by atoms with E-state index in [1.54, 1.807) is 17.4 Å². The van der Waals surface area contributed by atoms with E-state index in [1.807, 2.05) is 13.0 Å². The molecule has 0 aliphatic rings. The minimum Gasteiger partial charge on any atom is -0.379 e. The molecule has 0 saturated heterocycles. The molecule has 2 nitrogen and oxygen atoms in total. The molecule has 0 amide bonds. The first-order valence-corrected chi connectivity index (χ1v) is 6.80. The highest BCUT2D eigenvalue weighted by atomic mass is 79.9. The molecule has 0 aliphatic heterocycles. The summed E-state index contributed by atoms with van der Waals surface area (Å²) >= 11 is 10.9. The standard InChI is InChI=1S/C11H10BrClN2S/c1-7-9(2-3-11(13)15-7)14-5-8-4-10(12)16-6-8/h2-4,6,14H,5H2,1H3. The van der Waals surface area contributed by atoms with Crippen LogP contribution in [0.4, 0.5) is 5.69 Å². The Morgan fingerprint density at radius 3 is 2.94 bits per heavy atom. The molecule has 0 fully saturated rings. The summed E-state index contributed by atoms with van der Waals surface area (Å²) in [4.78, 5) is 4.19. The lowest BCUT2D eigenvalue weighted by molar-refractivity contribution is 1.11. The second-order valence-electron chi connectivity index (χ2n) is 3.38. The van der Waals surface area contributed by atoms with Crippen molar-refractivity contribution in [1.29, 1.82) is 0 Å². The summed E-state index contributed by atoms with van der Waals surface area (Å²) in [6, 6.07) is 5.85. The smallest absolute Gasteiger partial charge is 0.129 e. The molecule has 84 valence electrons. The summed E-state index contributed by atoms with van der Waals surface area (Å²) in [7, 11) is 0. The van der Waals surface area contributed by atoms with E-state index in [4.69, 9.17) is 11.6 Å². The van der Waals surface area contributed by atoms with Gasteiger partial charge in [-0.2, -0.15) is 0 Å². The second kappa shape index (κ2) is 5.17. The number of anilines is 1. The predicted molar refractivity (Wildman–Crippen MR) is 73.3 cm³/mol. The second-order valence-corrected chi connectivity index (χ2v) is 6.06. The number of nitrogens with zero attached hydrogens (tertiary/aromatic N) is 1. The molecule has 2 rings (SSSR count). The summed E-state index contributed by atoms with van der Waals surface area (Å²) < 4.78 is 1.15. The Morgan fingerprint density at radius 1 is 1.50 bits per heavy atom. The minimum absolute atomic E-state index is 0.529. The molecule has 0 aromatic carbocycles. The quantitative estimate of drug-likeness (QED) is 0.844. The first kappa shape index (κ1) is 11.9. The number of aromatic nitrogens is 1. The van der Waals surface area contributed by atoms with Crippen molar-refractivity contribution in [3.63, 3.8) is 0 Å². The molecule has 0 radical (unpaired) electrons. The van der Waals surface area contributed by atoms with Crippen LogP contribution in [0, 0.1) is 6.92 Å². The molecule has 16 heavy (non-hydrogen) atoms. The van der Waals surface area contributed by atoms with Gasteiger partial charge in [-0.05, 0) is 52.0 Å². The average Bonchev–Trinajstić information content (AvgIpc) is 2.63. The van der Waals surface area contributed by atoms with Crippen molar-refractivity contribution in [3.8, 4) is 0 Å². The number of rotatable bonds is 3. The molecule has 0 atom stereocenters. The van der Waals surface area contributed by atoms with Crippen LogP contribution in [0.5, 0.6) is 0 Å². The van der Waals surface area contributed by atoms with Crippen LogP contribution in [0.3, 0.4) is 0 Å². The average molecular weight is 318 g/mol. The van der Waals surface area contributed by atoms with E-state index < -0.39 is 0 Å². The van der Waals surface area contributed by atoms with Crippen LogP contribution >= 0.6 is 38.9 Å². The fourth-order valence-corrected chi connectivity index (χ4v) is 2.75. The third-order valence-corrected chi connectivity index (χ3v) is 3.92. The maximum absolute atomic E-state index is 5.79. The van der Waals surface area contributed by atoms with E-state index in [0.29, 0.717) is 5.15 Å². The lowest BCUT2D eigenvalue weighted by Crippen LogP contribution is -2.01. The molecule has 2 heterocycles. The number of thiophene rings is 1. The van der Waals surface area contributed by atoms with Gasteiger partial charge < -0.3 is 5.32 Å². The fraction of sp³-hybridized carbons (Fsp3) is 0.182. The van der Waals surface area contributed by atoms with Crippen LogP contribution in [-0.2, 0) is 6.54 Å². The molecular weight excluding hydrogens is 308 g/mol. The topological polar surface area (TPSA) is 24.9 Å². The highest BCUT2D eigenvalue weighted by Crippen LogP contribution is 2.22. The maximum Gasteiger partial charge on any atom is 0.129 e. The maximum atomic E-state index is 5.79. The summed E-state index contributed by atoms with van der Waals surface area (Å²) in [6.07, 6.45) is 0. The molecule has 2 aromatic rings. The Labute approximate surface area is 112 Å². The zero-order valence-corrected chi connectivity index (χ0v) is 11.8. The van der Waals surface area contributed by atoms with Gasteiger partial charge in [-0.1, -0.05) is 11.6 Å². The molecule has 2 aromatic heterocycles. The number of pyridine rings is 1. The third-order valence-electron chi connectivity index (χ3n) is 2.16. The van der Waals surface area contributed by atoms with E-state index in [1.165, 1.54) is 5.56 Å². The van der Waals surface area contributed by atoms with Crippen LogP contribution in [0.1, 0.15) is 11.3 Å². The zero-order valence-electron chi connectivity index (χ0n) is 8.63. The van der Waals surface area contributed by atoms with E-state index in [0.717, 1.165) is 21.7 Å². The van der Waals surface area contributed by atoms with E-state index >= 15 is 0 Å². The number of halogens is 2. The summed E-state index contributed by atoms with van der Waals surface area (Å²) in [5, 5.41) is 5.98. The zero-order chi connectivity index (χ0) is 11.5. The van der Waals surface area contributed by atoms with Crippen LogP contribution in [0.2, 0.25) is 5.15 Å². The van der Waals surface area contributed by atoms with E-state index in [-0.39, 0.29) is 0 Å². The molecule has 0 spiro atoms. The van der Waals surface area contributed by atoms with Crippen molar-refractivity contribution >= 4 is 44.6 Å². The summed E-state index contributed by atoms with van der Waals surface area (Å²) in [5.41, 5.74) is 3.19. The molecule has 0 saturated carbocycles. The van der Waals surface area contributed by atoms with Crippen molar-refractivity contribution in [2.24, 2.45) is 0 Å². The van der Waals surface area contributed by atoms with Crippen molar-refractivity contribution < 1.29 is 0 Å². The predicted octanol–water partition coefficient (Wildman–Crippen LogP) is 4.48. The Hall–Kier alpha value is -0.580. The van der Waals surface area contributed by atoms with Crippen LogP contribution in [0.25, 0.3) is 0 Å². The van der Waals surface area contributed by atoms with Crippen molar-refractivity contribution in [1.82, 2.24) is 4.98 Å². The normalized spacial score (nSPS) is 10.4. The number of nitrogens with one attached hydrogen (secondary N) is 1. The van der Waals surface area contributed by atoms with Gasteiger partial charge in [0.2, 0.25) is 0 Å². The number of hydrogen-bond donors (Lipinski definition) is 1. The molecule has 5 heteroatoms. The Balaban J connectivity index is 2.04. The molecule has 1 N–H and O–H groups in total. The van der Waals surface area contributed by atoms with E-state index in [9.17, 15) is 0 Å². The Kier molecular flexibility index (Phi) is 3.84. The Bertz CT molecular complexity index is 498. The SMILES string of the molecule is Cc1nc(Cl)ccc1NCc1csc(Br)c1. The van der Waals surface area contributed by atoms with Gasteiger partial charge in [0.05, 0.1) is 15.2 Å². The lowest BCUT2D eigenvalue weighted by Gasteiger charge is -2.07. The van der Waals surface area contributed by atoms with Crippen molar-refractivity contribution in [3.05, 3.63) is 43.8 Å². The lowest BCUT2D eigenvalue weighted by atomic mass is 10.3. The summed E-state index contributed by atoms with van der Waals surface area (Å²) in [6.45, 7) is 2.74. The molecular formula is C11H10BrClN2S. The Morgan fingerprint density at radius 2 is 2.31 bits per heavy atom. The van der Waals surface area contributed by atoms with Gasteiger partial charge in [0, 0.05) is 6.54 Å². The number of aryl methyl sites for hydroxylation is 1. The first-order valence-electron chi connectivity index (χ1n) is 4.75. The van der Waals surface area contributed by atoms with Gasteiger partial charge >= 0.3 is 0 Å². The van der Waals surface area contributed by atoms with Crippen LogP contribution in [0.15, 0.2) is 27.4 Å². The summed E-state index contributed by atoms with van der Waals surface area (Å²) in [5.74, 6) is 0. The monoisotopic (exact) mass is 316 g/mol. The van der Waals surface area contributed by atoms with Gasteiger partial charge in [-0.3, -0.25) is 0 Å². The van der Waals surface area contributed by atoms with Crippen molar-refractivity contribution in [2.45, 2.75) is 13.5 Å². The minimum atomic E-state index is 0.529. The van der Waals surface area contributed by atoms with Crippen molar-refractivity contribution in [2.75, 3.05) is 5.32 Å². The van der Waals surface area contributed by atoms with Gasteiger partial charge in [-0.15, -0.1) is 11.3 Å². The van der Waals surface area contributed by atoms with Gasteiger partial charge in [0.1, 0.15) is 5.15 Å². The molecule has 0 unspecified atom stereocenters. The van der Waals surface area contributed by atoms with Gasteiger partial charge in [0.25, 0.3) is 0 Å². The van der Waals surface area contributed by atoms with Crippen LogP contribution in [-0.4, -0.2) is 4.98 Å². The largest absolute Gasteiger partial charge is 0.379 e. The highest BCUT2D eigenvalue weighted by Gasteiger charge is 2.01. The molecule has 0 bridgehead atoms. The molecule has 0 aliphatic carbocycles.